The van der Waals surface area contributed by atoms with E-state index >= 15 is 0 Å². The summed E-state index contributed by atoms with van der Waals surface area (Å²) < 4.78 is 5.27. The number of rotatable bonds is 7. The van der Waals surface area contributed by atoms with Crippen LogP contribution in [0.25, 0.3) is 11.1 Å². The standard InChI is InChI=1S/C19H20N8O/c1-2-26-12-18(23-24-26)22-19(28)13-27-11-17(9-21-27)16-5-3-15(4-6-16)10-25-8-7-20-14-25/h3-9,11-12,14H,2,10,13H2,1H3,(H,22,28). The lowest BCUT2D eigenvalue weighted by molar-refractivity contribution is -0.116. The van der Waals surface area contributed by atoms with Gasteiger partial charge >= 0.3 is 0 Å². The van der Waals surface area contributed by atoms with Gasteiger partial charge in [-0.1, -0.05) is 29.5 Å². The average Bonchev–Trinajstić information content (AvgIpc) is 3.45. The number of imidazole rings is 1. The smallest absolute Gasteiger partial charge is 0.247 e. The monoisotopic (exact) mass is 376 g/mol. The van der Waals surface area contributed by atoms with E-state index < -0.39 is 0 Å². The van der Waals surface area contributed by atoms with Crippen LogP contribution in [-0.2, 0) is 24.4 Å². The Hall–Kier alpha value is -3.75. The fourth-order valence-corrected chi connectivity index (χ4v) is 2.83. The number of anilines is 1. The van der Waals surface area contributed by atoms with Crippen LogP contribution >= 0.6 is 0 Å². The zero-order chi connectivity index (χ0) is 19.3. The normalized spacial score (nSPS) is 10.9. The Balaban J connectivity index is 1.37. The Bertz CT molecular complexity index is 1050. The fourth-order valence-electron chi connectivity index (χ4n) is 2.83. The Morgan fingerprint density at radius 1 is 1.11 bits per heavy atom. The molecule has 3 aromatic heterocycles. The second-order valence-corrected chi connectivity index (χ2v) is 6.37. The van der Waals surface area contributed by atoms with E-state index in [1.165, 1.54) is 5.56 Å². The van der Waals surface area contributed by atoms with Crippen LogP contribution < -0.4 is 5.32 Å². The summed E-state index contributed by atoms with van der Waals surface area (Å²) in [6, 6.07) is 8.26. The fraction of sp³-hybridized carbons (Fsp3) is 0.211. The number of benzene rings is 1. The molecule has 0 aliphatic heterocycles. The molecule has 0 saturated heterocycles. The summed E-state index contributed by atoms with van der Waals surface area (Å²) in [6.07, 6.45) is 10.8. The first-order chi connectivity index (χ1) is 13.7. The van der Waals surface area contributed by atoms with Crippen LogP contribution in [0.15, 0.2) is 61.6 Å². The van der Waals surface area contributed by atoms with Crippen LogP contribution in [0.3, 0.4) is 0 Å². The number of nitrogens with zero attached hydrogens (tertiary/aromatic N) is 7. The van der Waals surface area contributed by atoms with E-state index in [0.717, 1.165) is 17.7 Å². The maximum atomic E-state index is 12.2. The van der Waals surface area contributed by atoms with Gasteiger partial charge in [-0.25, -0.2) is 4.98 Å². The number of hydrogen-bond donors (Lipinski definition) is 1. The summed E-state index contributed by atoms with van der Waals surface area (Å²) in [6.45, 7) is 3.54. The molecule has 0 unspecified atom stereocenters. The molecule has 9 nitrogen and oxygen atoms in total. The average molecular weight is 376 g/mol. The molecule has 0 bridgehead atoms. The van der Waals surface area contributed by atoms with E-state index in [4.69, 9.17) is 0 Å². The number of nitrogens with one attached hydrogen (secondary N) is 1. The van der Waals surface area contributed by atoms with Crippen molar-refractivity contribution >= 4 is 11.7 Å². The van der Waals surface area contributed by atoms with Gasteiger partial charge < -0.3 is 9.88 Å². The van der Waals surface area contributed by atoms with Gasteiger partial charge in [-0.2, -0.15) is 5.10 Å². The minimum atomic E-state index is -0.200. The number of aromatic nitrogens is 7. The number of carbonyl (C=O) groups is 1. The molecular weight excluding hydrogens is 356 g/mol. The van der Waals surface area contributed by atoms with E-state index in [2.05, 4.69) is 50.0 Å². The Morgan fingerprint density at radius 2 is 1.96 bits per heavy atom. The number of amides is 1. The lowest BCUT2D eigenvalue weighted by Gasteiger charge is -2.04. The molecule has 0 spiro atoms. The number of hydrogen-bond acceptors (Lipinski definition) is 5. The van der Waals surface area contributed by atoms with E-state index in [1.54, 1.807) is 34.3 Å². The van der Waals surface area contributed by atoms with E-state index in [1.807, 2.05) is 23.9 Å². The third-order valence-electron chi connectivity index (χ3n) is 4.28. The van der Waals surface area contributed by atoms with E-state index in [0.29, 0.717) is 12.4 Å². The van der Waals surface area contributed by atoms with Crippen LogP contribution in [0.4, 0.5) is 5.82 Å². The molecule has 1 amide bonds. The molecule has 1 aromatic carbocycles. The summed E-state index contributed by atoms with van der Waals surface area (Å²) >= 11 is 0. The zero-order valence-electron chi connectivity index (χ0n) is 15.4. The Labute approximate surface area is 161 Å². The maximum Gasteiger partial charge on any atom is 0.247 e. The molecule has 9 heteroatoms. The first kappa shape index (κ1) is 17.7. The second kappa shape index (κ2) is 7.87. The molecule has 28 heavy (non-hydrogen) atoms. The third-order valence-corrected chi connectivity index (χ3v) is 4.28. The molecule has 0 radical (unpaired) electrons. The molecule has 0 aliphatic rings. The molecule has 4 aromatic rings. The molecule has 0 atom stereocenters. The first-order valence-electron chi connectivity index (χ1n) is 8.97. The summed E-state index contributed by atoms with van der Waals surface area (Å²) in [7, 11) is 0. The topological polar surface area (TPSA) is 95.5 Å². The van der Waals surface area contributed by atoms with Gasteiger partial charge in [0, 0.05) is 37.2 Å². The van der Waals surface area contributed by atoms with Crippen molar-refractivity contribution < 1.29 is 4.79 Å². The minimum Gasteiger partial charge on any atom is -0.333 e. The Morgan fingerprint density at radius 3 is 2.68 bits per heavy atom. The van der Waals surface area contributed by atoms with Gasteiger partial charge in [0.05, 0.1) is 18.7 Å². The molecular formula is C19H20N8O. The minimum absolute atomic E-state index is 0.109. The molecule has 4 rings (SSSR count). The van der Waals surface area contributed by atoms with Crippen LogP contribution in [0.5, 0.6) is 0 Å². The van der Waals surface area contributed by atoms with Crippen molar-refractivity contribution in [3.8, 4) is 11.1 Å². The van der Waals surface area contributed by atoms with Crippen molar-refractivity contribution in [2.24, 2.45) is 0 Å². The van der Waals surface area contributed by atoms with Gasteiger partial charge in [0.2, 0.25) is 5.91 Å². The van der Waals surface area contributed by atoms with E-state index in [-0.39, 0.29) is 12.5 Å². The molecule has 3 heterocycles. The third kappa shape index (κ3) is 4.14. The van der Waals surface area contributed by atoms with Gasteiger partial charge in [-0.15, -0.1) is 5.10 Å². The highest BCUT2D eigenvalue weighted by molar-refractivity contribution is 5.89. The first-order valence-corrected chi connectivity index (χ1v) is 8.97. The zero-order valence-corrected chi connectivity index (χ0v) is 15.4. The van der Waals surface area contributed by atoms with Crippen LogP contribution in [-0.4, -0.2) is 40.2 Å². The van der Waals surface area contributed by atoms with Crippen LogP contribution in [0, 0.1) is 0 Å². The van der Waals surface area contributed by atoms with Crippen molar-refractivity contribution in [1.29, 1.82) is 0 Å². The maximum absolute atomic E-state index is 12.2. The van der Waals surface area contributed by atoms with Crippen molar-refractivity contribution in [3.63, 3.8) is 0 Å². The lowest BCUT2D eigenvalue weighted by Crippen LogP contribution is -2.19. The number of carbonyl (C=O) groups excluding carboxylic acids is 1. The van der Waals surface area contributed by atoms with E-state index in [9.17, 15) is 4.79 Å². The number of aryl methyl sites for hydroxylation is 1. The highest BCUT2D eigenvalue weighted by atomic mass is 16.2. The molecule has 1 N–H and O–H groups in total. The highest BCUT2D eigenvalue weighted by Gasteiger charge is 2.09. The second-order valence-electron chi connectivity index (χ2n) is 6.37. The van der Waals surface area contributed by atoms with Crippen LogP contribution in [0.2, 0.25) is 0 Å². The molecule has 0 aliphatic carbocycles. The van der Waals surface area contributed by atoms with Crippen molar-refractivity contribution in [2.75, 3.05) is 5.32 Å². The summed E-state index contributed by atoms with van der Waals surface area (Å²) in [5, 5.41) is 14.8. The van der Waals surface area contributed by atoms with Crippen molar-refractivity contribution in [2.45, 2.75) is 26.6 Å². The Kier molecular flexibility index (Phi) is 4.96. The van der Waals surface area contributed by atoms with Gasteiger partial charge in [0.15, 0.2) is 5.82 Å². The van der Waals surface area contributed by atoms with Gasteiger partial charge in [0.25, 0.3) is 0 Å². The van der Waals surface area contributed by atoms with Crippen molar-refractivity contribution in [1.82, 2.24) is 34.3 Å². The van der Waals surface area contributed by atoms with Gasteiger partial charge in [0.1, 0.15) is 6.54 Å². The highest BCUT2D eigenvalue weighted by Crippen LogP contribution is 2.19. The van der Waals surface area contributed by atoms with Gasteiger partial charge in [-0.05, 0) is 18.1 Å². The van der Waals surface area contributed by atoms with Crippen molar-refractivity contribution in [3.05, 3.63) is 67.1 Å². The SMILES string of the molecule is CCn1cc(NC(=O)Cn2cc(-c3ccc(Cn4ccnc4)cc3)cn2)nn1. The molecule has 142 valence electrons. The molecule has 0 saturated carbocycles. The summed E-state index contributed by atoms with van der Waals surface area (Å²) in [5.41, 5.74) is 3.19. The summed E-state index contributed by atoms with van der Waals surface area (Å²) in [5.74, 6) is 0.237. The largest absolute Gasteiger partial charge is 0.333 e. The predicted octanol–water partition coefficient (Wildman–Crippen LogP) is 2.04. The lowest BCUT2D eigenvalue weighted by atomic mass is 10.1. The molecule has 0 fully saturated rings. The summed E-state index contributed by atoms with van der Waals surface area (Å²) in [4.78, 5) is 16.2. The predicted molar refractivity (Wildman–Crippen MR) is 103 cm³/mol. The quantitative estimate of drug-likeness (QED) is 0.533. The van der Waals surface area contributed by atoms with Gasteiger partial charge in [-0.3, -0.25) is 14.2 Å². The van der Waals surface area contributed by atoms with Crippen LogP contribution in [0.1, 0.15) is 12.5 Å².